The Morgan fingerprint density at radius 3 is 2.33 bits per heavy atom. The lowest BCUT2D eigenvalue weighted by Crippen LogP contribution is -2.03. The molecule has 0 saturated carbocycles. The van der Waals surface area contributed by atoms with Crippen molar-refractivity contribution in [1.29, 1.82) is 0 Å². The highest BCUT2D eigenvalue weighted by molar-refractivity contribution is 7.99. The van der Waals surface area contributed by atoms with E-state index in [2.05, 4.69) is 61.5 Å². The van der Waals surface area contributed by atoms with Gasteiger partial charge in [-0.25, -0.2) is 0 Å². The zero-order chi connectivity index (χ0) is 16.5. The third-order valence-corrected chi connectivity index (χ3v) is 6.01. The third-order valence-electron chi connectivity index (χ3n) is 4.77. The lowest BCUT2D eigenvalue weighted by atomic mass is 9.91. The zero-order valence-electron chi connectivity index (χ0n) is 14.0. The van der Waals surface area contributed by atoms with Crippen LogP contribution >= 0.6 is 11.8 Å². The Bertz CT molecular complexity index is 867. The van der Waals surface area contributed by atoms with Crippen LogP contribution in [0.2, 0.25) is 0 Å². The summed E-state index contributed by atoms with van der Waals surface area (Å²) in [4.78, 5) is 2.78. The molecule has 0 bridgehead atoms. The molecule has 3 aromatic rings. The van der Waals surface area contributed by atoms with Crippen molar-refractivity contribution < 1.29 is 4.74 Å². The fourth-order valence-electron chi connectivity index (χ4n) is 3.26. The van der Waals surface area contributed by atoms with Crippen LogP contribution in [0.5, 0.6) is 5.75 Å². The van der Waals surface area contributed by atoms with E-state index in [0.29, 0.717) is 5.92 Å². The van der Waals surface area contributed by atoms with Crippen LogP contribution in [0.4, 0.5) is 0 Å². The summed E-state index contributed by atoms with van der Waals surface area (Å²) in [5.41, 5.74) is 5.57. The number of hydrogen-bond donors (Lipinski definition) is 0. The lowest BCUT2D eigenvalue weighted by molar-refractivity contribution is 0.414. The number of fused-ring (bicyclic) bond motifs is 2. The van der Waals surface area contributed by atoms with Gasteiger partial charge in [0.2, 0.25) is 0 Å². The molecule has 2 heteroatoms. The van der Waals surface area contributed by atoms with Gasteiger partial charge < -0.3 is 4.74 Å². The van der Waals surface area contributed by atoms with Gasteiger partial charge in [-0.3, -0.25) is 0 Å². The van der Waals surface area contributed by atoms with Crippen LogP contribution < -0.4 is 4.74 Å². The first kappa shape index (κ1) is 15.3. The number of methoxy groups -OCH3 is 1. The monoisotopic (exact) mass is 332 g/mol. The summed E-state index contributed by atoms with van der Waals surface area (Å²) in [6.45, 7) is 2.27. The van der Waals surface area contributed by atoms with E-state index in [-0.39, 0.29) is 0 Å². The van der Waals surface area contributed by atoms with Crippen LogP contribution in [0.25, 0.3) is 0 Å². The van der Waals surface area contributed by atoms with Crippen LogP contribution in [-0.2, 0) is 6.42 Å². The molecule has 1 heterocycles. The van der Waals surface area contributed by atoms with Gasteiger partial charge in [-0.2, -0.15) is 0 Å². The van der Waals surface area contributed by atoms with Gasteiger partial charge in [-0.1, -0.05) is 61.2 Å². The molecule has 1 aliphatic rings. The van der Waals surface area contributed by atoms with Crippen molar-refractivity contribution in [2.24, 2.45) is 0 Å². The largest absolute Gasteiger partial charge is 0.497 e. The highest BCUT2D eigenvalue weighted by Gasteiger charge is 2.17. The first-order chi connectivity index (χ1) is 11.7. The molecule has 1 aliphatic heterocycles. The number of rotatable bonds is 3. The molecule has 1 nitrogen and oxygen atoms in total. The second-order valence-corrected chi connectivity index (χ2v) is 7.33. The fraction of sp³-hybridized carbons (Fsp3) is 0.182. The Kier molecular flexibility index (Phi) is 4.07. The van der Waals surface area contributed by atoms with Crippen LogP contribution in [0.15, 0.2) is 76.5 Å². The molecular weight excluding hydrogens is 312 g/mol. The molecule has 3 aromatic carbocycles. The molecule has 0 N–H and O–H groups in total. The van der Waals surface area contributed by atoms with Crippen molar-refractivity contribution >= 4 is 11.8 Å². The van der Waals surface area contributed by atoms with Gasteiger partial charge in [0.05, 0.1) is 7.11 Å². The number of ether oxygens (including phenoxy) is 1. The smallest absolute Gasteiger partial charge is 0.118 e. The molecule has 0 saturated heterocycles. The maximum atomic E-state index is 5.26. The van der Waals surface area contributed by atoms with Crippen molar-refractivity contribution in [3.8, 4) is 5.75 Å². The molecule has 1 atom stereocenters. The van der Waals surface area contributed by atoms with Crippen LogP contribution in [0.3, 0.4) is 0 Å². The third kappa shape index (κ3) is 2.83. The van der Waals surface area contributed by atoms with Crippen molar-refractivity contribution in [3.05, 3.63) is 89.0 Å². The highest BCUT2D eigenvalue weighted by Crippen LogP contribution is 2.40. The average Bonchev–Trinajstić information content (AvgIpc) is 2.65. The molecule has 0 radical (unpaired) electrons. The van der Waals surface area contributed by atoms with Gasteiger partial charge >= 0.3 is 0 Å². The van der Waals surface area contributed by atoms with E-state index in [1.54, 1.807) is 7.11 Å². The van der Waals surface area contributed by atoms with Crippen molar-refractivity contribution in [2.75, 3.05) is 7.11 Å². The second-order valence-electron chi connectivity index (χ2n) is 6.25. The van der Waals surface area contributed by atoms with E-state index in [1.165, 1.54) is 32.0 Å². The Labute approximate surface area is 147 Å². The summed E-state index contributed by atoms with van der Waals surface area (Å²) in [6, 6.07) is 24.0. The predicted molar refractivity (Wildman–Crippen MR) is 100 cm³/mol. The van der Waals surface area contributed by atoms with E-state index >= 15 is 0 Å². The van der Waals surface area contributed by atoms with Gasteiger partial charge in [0, 0.05) is 15.7 Å². The van der Waals surface area contributed by atoms with Crippen molar-refractivity contribution in [3.63, 3.8) is 0 Å². The molecule has 120 valence electrons. The highest BCUT2D eigenvalue weighted by atomic mass is 32.2. The number of benzene rings is 3. The Hall–Kier alpha value is -2.19. The summed E-state index contributed by atoms with van der Waals surface area (Å²) in [5, 5.41) is 0. The minimum Gasteiger partial charge on any atom is -0.497 e. The minimum absolute atomic E-state index is 0.378. The summed E-state index contributed by atoms with van der Waals surface area (Å²) < 4.78 is 5.26. The van der Waals surface area contributed by atoms with E-state index < -0.39 is 0 Å². The molecule has 0 aliphatic carbocycles. The Morgan fingerprint density at radius 1 is 0.833 bits per heavy atom. The second kappa shape index (κ2) is 6.37. The van der Waals surface area contributed by atoms with E-state index in [0.717, 1.165) is 12.2 Å². The summed E-state index contributed by atoms with van der Waals surface area (Å²) >= 11 is 1.89. The quantitative estimate of drug-likeness (QED) is 0.462. The molecule has 24 heavy (non-hydrogen) atoms. The van der Waals surface area contributed by atoms with Crippen LogP contribution in [0.1, 0.15) is 35.1 Å². The Balaban J connectivity index is 1.63. The van der Waals surface area contributed by atoms with Gasteiger partial charge in [-0.05, 0) is 52.9 Å². The maximum Gasteiger partial charge on any atom is 0.118 e. The van der Waals surface area contributed by atoms with E-state index in [4.69, 9.17) is 4.74 Å². The van der Waals surface area contributed by atoms with Crippen molar-refractivity contribution in [1.82, 2.24) is 0 Å². The molecule has 0 spiro atoms. The summed E-state index contributed by atoms with van der Waals surface area (Å²) in [5.74, 6) is 1.28. The zero-order valence-corrected chi connectivity index (χ0v) is 14.8. The fourth-order valence-corrected chi connectivity index (χ4v) is 4.32. The molecule has 0 amide bonds. The topological polar surface area (TPSA) is 9.23 Å². The molecule has 4 rings (SSSR count). The first-order valence-electron chi connectivity index (χ1n) is 8.27. The van der Waals surface area contributed by atoms with Gasteiger partial charge in [-0.15, -0.1) is 0 Å². The molecule has 0 aromatic heterocycles. The summed E-state index contributed by atoms with van der Waals surface area (Å²) in [7, 11) is 1.71. The van der Waals surface area contributed by atoms with E-state index in [1.807, 2.05) is 23.9 Å². The minimum atomic E-state index is 0.378. The van der Waals surface area contributed by atoms with Crippen LogP contribution in [0, 0.1) is 0 Å². The predicted octanol–water partition coefficient (Wildman–Crippen LogP) is 5.90. The normalized spacial score (nSPS) is 13.8. The van der Waals surface area contributed by atoms with Gasteiger partial charge in [0.1, 0.15) is 5.75 Å². The first-order valence-corrected chi connectivity index (χ1v) is 9.09. The lowest BCUT2D eigenvalue weighted by Gasteiger charge is -2.21. The SMILES string of the molecule is COc1ccc(C(C)c2ccc3c(c2)Cc2ccccc2S3)cc1. The standard InChI is InChI=1S/C22H20OS/c1-15(16-7-10-20(23-2)11-8-16)17-9-12-22-19(13-17)14-18-5-3-4-6-21(18)24-22/h3-13,15H,14H2,1-2H3. The molecular formula is C22H20OS. The van der Waals surface area contributed by atoms with Crippen molar-refractivity contribution in [2.45, 2.75) is 29.1 Å². The summed E-state index contributed by atoms with van der Waals surface area (Å²) in [6.07, 6.45) is 1.03. The van der Waals surface area contributed by atoms with Crippen LogP contribution in [-0.4, -0.2) is 7.11 Å². The maximum absolute atomic E-state index is 5.26. The molecule has 1 unspecified atom stereocenters. The number of hydrogen-bond acceptors (Lipinski definition) is 2. The molecule has 0 fully saturated rings. The average molecular weight is 332 g/mol. The van der Waals surface area contributed by atoms with Gasteiger partial charge in [0.15, 0.2) is 0 Å². The van der Waals surface area contributed by atoms with E-state index in [9.17, 15) is 0 Å². The Morgan fingerprint density at radius 2 is 1.54 bits per heavy atom. The van der Waals surface area contributed by atoms with Gasteiger partial charge in [0.25, 0.3) is 0 Å².